The lowest BCUT2D eigenvalue weighted by Gasteiger charge is -2.58. The number of hydrogen-bond donors (Lipinski definition) is 0. The summed E-state index contributed by atoms with van der Waals surface area (Å²) in [6.07, 6.45) is 14.4. The number of hydrogen-bond acceptors (Lipinski definition) is 2. The van der Waals surface area contributed by atoms with Crippen LogP contribution in [0.15, 0.2) is 11.6 Å². The zero-order valence-corrected chi connectivity index (χ0v) is 20.2. The summed E-state index contributed by atoms with van der Waals surface area (Å²) < 4.78 is 13.4. The molecule has 168 valence electrons. The summed E-state index contributed by atoms with van der Waals surface area (Å²) in [5, 5.41) is 0.365. The predicted molar refractivity (Wildman–Crippen MR) is 121 cm³/mol. The van der Waals surface area contributed by atoms with Crippen LogP contribution in [-0.2, 0) is 9.47 Å². The van der Waals surface area contributed by atoms with Gasteiger partial charge >= 0.3 is 0 Å². The molecule has 2 aliphatic heterocycles. The van der Waals surface area contributed by atoms with E-state index in [0.29, 0.717) is 40.1 Å². The third-order valence-corrected chi connectivity index (χ3v) is 11.7. The fourth-order valence-electron chi connectivity index (χ4n) is 9.63. The molecule has 0 amide bonds. The van der Waals surface area contributed by atoms with E-state index in [0.717, 1.165) is 37.2 Å². The van der Waals surface area contributed by atoms with Crippen LogP contribution in [0.25, 0.3) is 0 Å². The SMILES string of the molecule is CC1CC[C@@]2(OC1)OC1CC3C4CC=C5CC(Cl)CCC5(C)C4CCC3(C)C1C2C. The van der Waals surface area contributed by atoms with Crippen LogP contribution in [0.5, 0.6) is 0 Å². The Balaban J connectivity index is 1.28. The van der Waals surface area contributed by atoms with Gasteiger partial charge in [0.1, 0.15) is 0 Å². The van der Waals surface area contributed by atoms with Crippen LogP contribution in [0.2, 0.25) is 0 Å². The van der Waals surface area contributed by atoms with E-state index in [-0.39, 0.29) is 5.79 Å². The molecule has 0 radical (unpaired) electrons. The highest BCUT2D eigenvalue weighted by molar-refractivity contribution is 6.20. The average molecular weight is 433 g/mol. The van der Waals surface area contributed by atoms with Crippen LogP contribution < -0.4 is 0 Å². The van der Waals surface area contributed by atoms with E-state index in [1.165, 1.54) is 44.9 Å². The smallest absolute Gasteiger partial charge is 0.171 e. The molecule has 3 saturated carbocycles. The fourth-order valence-corrected chi connectivity index (χ4v) is 9.91. The summed E-state index contributed by atoms with van der Waals surface area (Å²) in [6.45, 7) is 10.9. The molecule has 0 N–H and O–H groups in total. The van der Waals surface area contributed by atoms with Crippen molar-refractivity contribution in [3.05, 3.63) is 11.6 Å². The van der Waals surface area contributed by atoms with Crippen LogP contribution in [0.4, 0.5) is 0 Å². The van der Waals surface area contributed by atoms with E-state index in [9.17, 15) is 0 Å². The van der Waals surface area contributed by atoms with Crippen molar-refractivity contribution in [2.75, 3.05) is 6.61 Å². The summed E-state index contributed by atoms with van der Waals surface area (Å²) >= 11 is 6.58. The Labute approximate surface area is 188 Å². The molecule has 6 aliphatic rings. The fraction of sp³-hybridized carbons (Fsp3) is 0.926. The van der Waals surface area contributed by atoms with Crippen molar-refractivity contribution in [1.82, 2.24) is 0 Å². The van der Waals surface area contributed by atoms with Crippen molar-refractivity contribution in [2.45, 2.75) is 103 Å². The van der Waals surface area contributed by atoms with Crippen molar-refractivity contribution in [2.24, 2.45) is 46.3 Å². The first kappa shape index (κ1) is 20.5. The van der Waals surface area contributed by atoms with E-state index in [1.807, 2.05) is 0 Å². The van der Waals surface area contributed by atoms with Gasteiger partial charge in [-0.15, -0.1) is 11.6 Å². The van der Waals surface area contributed by atoms with Gasteiger partial charge in [-0.2, -0.15) is 0 Å². The van der Waals surface area contributed by atoms with Crippen molar-refractivity contribution < 1.29 is 9.47 Å². The molecule has 5 fully saturated rings. The second kappa shape index (κ2) is 6.73. The molecule has 3 heteroatoms. The number of fused-ring (bicyclic) bond motifs is 7. The minimum Gasteiger partial charge on any atom is -0.349 e. The normalized spacial score (nSPS) is 59.8. The molecule has 0 bridgehead atoms. The molecule has 30 heavy (non-hydrogen) atoms. The van der Waals surface area contributed by atoms with Crippen LogP contribution in [0.3, 0.4) is 0 Å². The van der Waals surface area contributed by atoms with Gasteiger partial charge in [0.25, 0.3) is 0 Å². The van der Waals surface area contributed by atoms with Gasteiger partial charge in [-0.25, -0.2) is 0 Å². The summed E-state index contributed by atoms with van der Waals surface area (Å²) in [5.74, 6) is 4.11. The molecule has 2 heterocycles. The van der Waals surface area contributed by atoms with E-state index in [2.05, 4.69) is 33.8 Å². The Morgan fingerprint density at radius 2 is 1.87 bits per heavy atom. The molecule has 2 nitrogen and oxygen atoms in total. The van der Waals surface area contributed by atoms with Gasteiger partial charge in [-0.1, -0.05) is 39.3 Å². The summed E-state index contributed by atoms with van der Waals surface area (Å²) in [4.78, 5) is 0. The molecule has 2 saturated heterocycles. The van der Waals surface area contributed by atoms with Crippen LogP contribution in [0.1, 0.15) is 85.5 Å². The van der Waals surface area contributed by atoms with Gasteiger partial charge in [0.05, 0.1) is 12.7 Å². The van der Waals surface area contributed by atoms with Crippen molar-refractivity contribution >= 4 is 11.6 Å². The zero-order valence-electron chi connectivity index (χ0n) is 19.5. The number of ether oxygens (including phenoxy) is 2. The van der Waals surface area contributed by atoms with E-state index >= 15 is 0 Å². The molecule has 0 aromatic heterocycles. The van der Waals surface area contributed by atoms with Crippen molar-refractivity contribution in [1.29, 1.82) is 0 Å². The maximum Gasteiger partial charge on any atom is 0.171 e. The summed E-state index contributed by atoms with van der Waals surface area (Å²) in [6, 6.07) is 0. The second-order valence-corrected chi connectivity index (χ2v) is 13.2. The van der Waals surface area contributed by atoms with Gasteiger partial charge in [-0.05, 0) is 91.8 Å². The Morgan fingerprint density at radius 3 is 2.63 bits per heavy atom. The first-order valence-electron chi connectivity index (χ1n) is 12.9. The number of halogens is 1. The maximum atomic E-state index is 6.90. The van der Waals surface area contributed by atoms with Crippen LogP contribution in [0, 0.1) is 46.3 Å². The lowest BCUT2D eigenvalue weighted by Crippen LogP contribution is -2.52. The monoisotopic (exact) mass is 432 g/mol. The second-order valence-electron chi connectivity index (χ2n) is 12.6. The first-order chi connectivity index (χ1) is 14.3. The highest BCUT2D eigenvalue weighted by Gasteiger charge is 2.68. The van der Waals surface area contributed by atoms with Crippen molar-refractivity contribution in [3.63, 3.8) is 0 Å². The van der Waals surface area contributed by atoms with Gasteiger partial charge < -0.3 is 9.47 Å². The van der Waals surface area contributed by atoms with Crippen molar-refractivity contribution in [3.8, 4) is 0 Å². The summed E-state index contributed by atoms with van der Waals surface area (Å²) in [5.41, 5.74) is 2.53. The van der Waals surface area contributed by atoms with Gasteiger partial charge in [0.15, 0.2) is 5.79 Å². The lowest BCUT2D eigenvalue weighted by atomic mass is 9.47. The van der Waals surface area contributed by atoms with Crippen LogP contribution >= 0.6 is 11.6 Å². The largest absolute Gasteiger partial charge is 0.349 e. The average Bonchev–Trinajstić information content (AvgIpc) is 3.16. The Hall–Kier alpha value is -0.0500. The van der Waals surface area contributed by atoms with E-state index in [4.69, 9.17) is 21.1 Å². The first-order valence-corrected chi connectivity index (χ1v) is 13.4. The van der Waals surface area contributed by atoms with E-state index in [1.54, 1.807) is 5.57 Å². The Bertz CT molecular complexity index is 739. The molecule has 10 unspecified atom stereocenters. The summed E-state index contributed by atoms with van der Waals surface area (Å²) in [7, 11) is 0. The third kappa shape index (κ3) is 2.62. The topological polar surface area (TPSA) is 18.5 Å². The molecule has 11 atom stereocenters. The van der Waals surface area contributed by atoms with Crippen LogP contribution in [-0.4, -0.2) is 23.9 Å². The van der Waals surface area contributed by atoms with Gasteiger partial charge in [-0.3, -0.25) is 0 Å². The minimum absolute atomic E-state index is 0.281. The molecule has 4 aliphatic carbocycles. The minimum atomic E-state index is -0.281. The number of alkyl halides is 1. The molecular weight excluding hydrogens is 392 g/mol. The molecular formula is C27H41ClO2. The zero-order chi connectivity index (χ0) is 20.9. The lowest BCUT2D eigenvalue weighted by molar-refractivity contribution is -0.272. The number of allylic oxidation sites excluding steroid dienone is 2. The highest BCUT2D eigenvalue weighted by Crippen LogP contribution is 2.70. The quantitative estimate of drug-likeness (QED) is 0.304. The maximum absolute atomic E-state index is 6.90. The van der Waals surface area contributed by atoms with Gasteiger partial charge in [0, 0.05) is 17.7 Å². The third-order valence-electron chi connectivity index (χ3n) is 11.3. The molecule has 6 rings (SSSR count). The Kier molecular flexibility index (Phi) is 4.61. The predicted octanol–water partition coefficient (Wildman–Crippen LogP) is 6.96. The molecule has 0 aromatic rings. The standard InChI is InChI=1S/C27H41ClO2/c1-16-7-12-27(29-15-16)17(2)24-23(30-27)14-22-20-6-5-18-13-19(28)8-10-25(18,3)21(20)9-11-26(22,24)4/h5,16-17,19-24H,6-15H2,1-4H3/t16?,17?,19?,20?,21?,22?,23?,24?,25?,26?,27-/m1/s1. The number of rotatable bonds is 0. The molecule has 0 aromatic carbocycles. The molecule has 1 spiro atoms. The highest BCUT2D eigenvalue weighted by atomic mass is 35.5. The van der Waals surface area contributed by atoms with Gasteiger partial charge in [0.2, 0.25) is 0 Å². The Morgan fingerprint density at radius 1 is 1.03 bits per heavy atom. The van der Waals surface area contributed by atoms with E-state index < -0.39 is 0 Å².